The van der Waals surface area contributed by atoms with E-state index in [2.05, 4.69) is 41.6 Å². The molecule has 0 fully saturated rings. The van der Waals surface area contributed by atoms with Crippen LogP contribution in [0.15, 0.2) is 36.4 Å². The summed E-state index contributed by atoms with van der Waals surface area (Å²) in [5.74, 6) is 0.708. The minimum atomic E-state index is -0.0514. The van der Waals surface area contributed by atoms with Crippen LogP contribution in [0.1, 0.15) is 48.2 Å². The van der Waals surface area contributed by atoms with Gasteiger partial charge in [-0.1, -0.05) is 12.1 Å². The summed E-state index contributed by atoms with van der Waals surface area (Å²) < 4.78 is 7.73. The average molecular weight is 380 g/mol. The Morgan fingerprint density at radius 2 is 1.89 bits per heavy atom. The molecule has 1 heterocycles. The van der Waals surface area contributed by atoms with Gasteiger partial charge in [0.05, 0.1) is 12.1 Å². The summed E-state index contributed by atoms with van der Waals surface area (Å²) >= 11 is 0. The minimum absolute atomic E-state index is 0.0514. The van der Waals surface area contributed by atoms with Crippen LogP contribution in [0.3, 0.4) is 0 Å². The van der Waals surface area contributed by atoms with Crippen molar-refractivity contribution in [2.24, 2.45) is 0 Å². The lowest BCUT2D eigenvalue weighted by Gasteiger charge is -2.12. The number of aromatic nitrogens is 3. The van der Waals surface area contributed by atoms with Gasteiger partial charge < -0.3 is 10.1 Å². The van der Waals surface area contributed by atoms with Gasteiger partial charge in [0.25, 0.3) is 5.91 Å². The minimum Gasteiger partial charge on any atom is -0.494 e. The fraction of sp³-hybridized carbons (Fsp3) is 0.409. The van der Waals surface area contributed by atoms with Crippen molar-refractivity contribution in [3.05, 3.63) is 53.1 Å². The van der Waals surface area contributed by atoms with Gasteiger partial charge in [0, 0.05) is 24.6 Å². The maximum Gasteiger partial charge on any atom is 0.251 e. The van der Waals surface area contributed by atoms with Gasteiger partial charge in [0.15, 0.2) is 0 Å². The SMILES string of the molecule is CCC(C)NC(=O)c1ccc(OCCCn2nnc3cc(C)c(C)cc32)cc1. The molecule has 1 atom stereocenters. The van der Waals surface area contributed by atoms with E-state index in [1.807, 2.05) is 30.7 Å². The van der Waals surface area contributed by atoms with E-state index in [0.717, 1.165) is 36.2 Å². The Morgan fingerprint density at radius 3 is 2.61 bits per heavy atom. The van der Waals surface area contributed by atoms with Crippen LogP contribution in [0, 0.1) is 13.8 Å². The number of benzene rings is 2. The van der Waals surface area contributed by atoms with Crippen molar-refractivity contribution in [1.82, 2.24) is 20.3 Å². The molecule has 1 amide bonds. The molecule has 1 unspecified atom stereocenters. The maximum absolute atomic E-state index is 12.1. The zero-order chi connectivity index (χ0) is 20.1. The van der Waals surface area contributed by atoms with Crippen LogP contribution in [-0.2, 0) is 6.54 Å². The molecule has 0 aliphatic carbocycles. The summed E-state index contributed by atoms with van der Waals surface area (Å²) in [5.41, 5.74) is 5.09. The number of fused-ring (bicyclic) bond motifs is 1. The smallest absolute Gasteiger partial charge is 0.251 e. The molecule has 2 aromatic carbocycles. The molecule has 0 spiro atoms. The van der Waals surface area contributed by atoms with E-state index in [4.69, 9.17) is 4.74 Å². The highest BCUT2D eigenvalue weighted by Gasteiger charge is 2.09. The number of amides is 1. The number of ether oxygens (including phenoxy) is 1. The molecular weight excluding hydrogens is 352 g/mol. The second-order valence-electron chi connectivity index (χ2n) is 7.25. The van der Waals surface area contributed by atoms with E-state index in [9.17, 15) is 4.79 Å². The molecule has 0 aliphatic rings. The van der Waals surface area contributed by atoms with Crippen molar-refractivity contribution < 1.29 is 9.53 Å². The van der Waals surface area contributed by atoms with Gasteiger partial charge in [-0.3, -0.25) is 4.79 Å². The third-order valence-electron chi connectivity index (χ3n) is 5.02. The summed E-state index contributed by atoms with van der Waals surface area (Å²) in [6, 6.07) is 11.6. The van der Waals surface area contributed by atoms with Crippen LogP contribution in [0.4, 0.5) is 0 Å². The predicted molar refractivity (Wildman–Crippen MR) is 111 cm³/mol. The molecule has 0 radical (unpaired) electrons. The Bertz CT molecular complexity index is 947. The van der Waals surface area contributed by atoms with E-state index < -0.39 is 0 Å². The predicted octanol–water partition coefficient (Wildman–Crippen LogP) is 4.05. The van der Waals surface area contributed by atoms with Gasteiger partial charge in [-0.2, -0.15) is 0 Å². The molecular formula is C22H28N4O2. The summed E-state index contributed by atoms with van der Waals surface area (Å²) in [5, 5.41) is 11.5. The van der Waals surface area contributed by atoms with Gasteiger partial charge >= 0.3 is 0 Å². The number of nitrogens with zero attached hydrogens (tertiary/aromatic N) is 3. The molecule has 0 aliphatic heterocycles. The van der Waals surface area contributed by atoms with Crippen LogP contribution in [0.2, 0.25) is 0 Å². The quantitative estimate of drug-likeness (QED) is 0.599. The van der Waals surface area contributed by atoms with E-state index in [1.165, 1.54) is 11.1 Å². The van der Waals surface area contributed by atoms with Crippen molar-refractivity contribution in [3.8, 4) is 5.75 Å². The maximum atomic E-state index is 12.1. The lowest BCUT2D eigenvalue weighted by molar-refractivity contribution is 0.0939. The van der Waals surface area contributed by atoms with Crippen molar-refractivity contribution in [3.63, 3.8) is 0 Å². The van der Waals surface area contributed by atoms with Gasteiger partial charge in [-0.25, -0.2) is 4.68 Å². The zero-order valence-corrected chi connectivity index (χ0v) is 17.0. The number of hydrogen-bond acceptors (Lipinski definition) is 4. The first-order valence-corrected chi connectivity index (χ1v) is 9.82. The molecule has 0 saturated carbocycles. The van der Waals surface area contributed by atoms with Crippen LogP contribution in [0.5, 0.6) is 5.75 Å². The highest BCUT2D eigenvalue weighted by Crippen LogP contribution is 2.18. The largest absolute Gasteiger partial charge is 0.494 e. The number of hydrogen-bond donors (Lipinski definition) is 1. The van der Waals surface area contributed by atoms with Gasteiger partial charge in [0.1, 0.15) is 11.3 Å². The van der Waals surface area contributed by atoms with Crippen LogP contribution < -0.4 is 10.1 Å². The van der Waals surface area contributed by atoms with E-state index >= 15 is 0 Å². The van der Waals surface area contributed by atoms with Crippen LogP contribution >= 0.6 is 0 Å². The first-order valence-electron chi connectivity index (χ1n) is 9.82. The van der Waals surface area contributed by atoms with Gasteiger partial charge in [-0.05, 0) is 74.7 Å². The lowest BCUT2D eigenvalue weighted by Crippen LogP contribution is -2.31. The molecule has 1 aromatic heterocycles. The molecule has 28 heavy (non-hydrogen) atoms. The van der Waals surface area contributed by atoms with Crippen molar-refractivity contribution in [2.75, 3.05) is 6.61 Å². The summed E-state index contributed by atoms with van der Waals surface area (Å²) in [7, 11) is 0. The Morgan fingerprint density at radius 1 is 1.18 bits per heavy atom. The molecule has 6 heteroatoms. The van der Waals surface area contributed by atoms with Crippen LogP contribution in [0.25, 0.3) is 11.0 Å². The summed E-state index contributed by atoms with van der Waals surface area (Å²) in [6.07, 6.45) is 1.73. The molecule has 148 valence electrons. The summed E-state index contributed by atoms with van der Waals surface area (Å²) in [4.78, 5) is 12.1. The van der Waals surface area contributed by atoms with Crippen LogP contribution in [-0.4, -0.2) is 33.5 Å². The molecule has 3 aromatic rings. The topological polar surface area (TPSA) is 69.0 Å². The molecule has 6 nitrogen and oxygen atoms in total. The van der Waals surface area contributed by atoms with Crippen molar-refractivity contribution in [1.29, 1.82) is 0 Å². The second-order valence-corrected chi connectivity index (χ2v) is 7.25. The Balaban J connectivity index is 1.50. The van der Waals surface area contributed by atoms with Crippen molar-refractivity contribution >= 4 is 16.9 Å². The molecule has 0 bridgehead atoms. The highest BCUT2D eigenvalue weighted by atomic mass is 16.5. The second kappa shape index (κ2) is 8.87. The Kier molecular flexibility index (Phi) is 6.29. The van der Waals surface area contributed by atoms with Gasteiger partial charge in [0.2, 0.25) is 0 Å². The normalized spacial score (nSPS) is 12.1. The Hall–Kier alpha value is -2.89. The van der Waals surface area contributed by atoms with Gasteiger partial charge in [-0.15, -0.1) is 5.10 Å². The zero-order valence-electron chi connectivity index (χ0n) is 17.0. The van der Waals surface area contributed by atoms with E-state index in [0.29, 0.717) is 12.2 Å². The molecule has 3 rings (SSSR count). The fourth-order valence-electron chi connectivity index (χ4n) is 2.90. The molecule has 0 saturated heterocycles. The number of nitrogens with one attached hydrogen (secondary N) is 1. The third kappa shape index (κ3) is 4.68. The number of carbonyl (C=O) groups is 1. The average Bonchev–Trinajstić information content (AvgIpc) is 3.07. The van der Waals surface area contributed by atoms with E-state index in [1.54, 1.807) is 12.1 Å². The highest BCUT2D eigenvalue weighted by molar-refractivity contribution is 5.94. The summed E-state index contributed by atoms with van der Waals surface area (Å²) in [6.45, 7) is 9.55. The third-order valence-corrected chi connectivity index (χ3v) is 5.02. The number of aryl methyl sites for hydroxylation is 3. The first-order chi connectivity index (χ1) is 13.5. The lowest BCUT2D eigenvalue weighted by atomic mass is 10.1. The number of carbonyl (C=O) groups excluding carboxylic acids is 1. The Labute approximate surface area is 165 Å². The molecule has 1 N–H and O–H groups in total. The monoisotopic (exact) mass is 380 g/mol. The fourth-order valence-corrected chi connectivity index (χ4v) is 2.90. The standard InChI is InChI=1S/C22H28N4O2/c1-5-17(4)23-22(27)18-7-9-19(10-8-18)28-12-6-11-26-21-14-16(3)15(2)13-20(21)24-25-26/h7-10,13-14,17H,5-6,11-12H2,1-4H3,(H,23,27). The van der Waals surface area contributed by atoms with E-state index in [-0.39, 0.29) is 11.9 Å². The van der Waals surface area contributed by atoms with Crippen molar-refractivity contribution in [2.45, 2.75) is 53.1 Å². The first kappa shape index (κ1) is 19.9. The number of rotatable bonds is 8.